The number of carbonyl (C=O) groups is 2. The second-order valence-electron chi connectivity index (χ2n) is 10.3. The topological polar surface area (TPSA) is 113 Å². The Balaban J connectivity index is 1.28. The van der Waals surface area contributed by atoms with Crippen LogP contribution in [0.25, 0.3) is 11.0 Å². The summed E-state index contributed by atoms with van der Waals surface area (Å²) < 4.78 is 27.0. The summed E-state index contributed by atoms with van der Waals surface area (Å²) in [6.07, 6.45) is 2.43. The number of ether oxygens (including phenoxy) is 2. The van der Waals surface area contributed by atoms with Crippen molar-refractivity contribution in [3.63, 3.8) is 0 Å². The molecule has 0 spiro atoms. The highest BCUT2D eigenvalue weighted by atomic mass is 19.1. The fourth-order valence-electron chi connectivity index (χ4n) is 5.02. The lowest BCUT2D eigenvalue weighted by Crippen LogP contribution is -2.41. The van der Waals surface area contributed by atoms with Crippen LogP contribution in [0.1, 0.15) is 24.1 Å². The average molecular weight is 566 g/mol. The molecule has 1 saturated carbocycles. The van der Waals surface area contributed by atoms with E-state index in [1.807, 2.05) is 35.9 Å². The van der Waals surface area contributed by atoms with Crippen LogP contribution >= 0.6 is 0 Å². The quantitative estimate of drug-likeness (QED) is 0.231. The molecule has 3 aromatic carbocycles. The van der Waals surface area contributed by atoms with E-state index in [0.29, 0.717) is 47.9 Å². The normalized spacial score (nSPS) is 13.5. The van der Waals surface area contributed by atoms with Gasteiger partial charge in [0.05, 0.1) is 24.7 Å². The van der Waals surface area contributed by atoms with Crippen LogP contribution < -0.4 is 20.1 Å². The zero-order valence-corrected chi connectivity index (χ0v) is 23.1. The Bertz CT molecular complexity index is 1780. The first-order valence-corrected chi connectivity index (χ1v) is 13.4. The predicted molar refractivity (Wildman–Crippen MR) is 155 cm³/mol. The standard InChI is InChI=1S/C32H28FN5O4/c1-20-28-27(15-18-35-29(28)37(36-20)19-21-3-11-25(41-2)12-4-21)42-26-13-9-24(10-14-26)38(23-7-5-22(33)6-8-23)31(40)32(16-17-32)30(34)39/h3-15,18H,16-17,19H2,1-2H3,(H2,34,39). The van der Waals surface area contributed by atoms with Crippen LogP contribution in [0.4, 0.5) is 15.8 Å². The lowest BCUT2D eigenvalue weighted by atomic mass is 10.0. The Kier molecular flexibility index (Phi) is 6.82. The number of primary amides is 1. The van der Waals surface area contributed by atoms with Crippen LogP contribution in [0.15, 0.2) is 85.1 Å². The molecular formula is C32H28FN5O4. The highest BCUT2D eigenvalue weighted by Crippen LogP contribution is 2.49. The maximum atomic E-state index is 13.7. The van der Waals surface area contributed by atoms with Crippen LogP contribution in [-0.4, -0.2) is 33.7 Å². The number of aryl methyl sites for hydroxylation is 1. The third kappa shape index (κ3) is 4.91. The van der Waals surface area contributed by atoms with Gasteiger partial charge in [0.25, 0.3) is 0 Å². The Morgan fingerprint density at radius 2 is 1.57 bits per heavy atom. The predicted octanol–water partition coefficient (Wildman–Crippen LogP) is 5.66. The van der Waals surface area contributed by atoms with E-state index in [1.54, 1.807) is 43.6 Å². The molecule has 2 amide bonds. The van der Waals surface area contributed by atoms with E-state index in [-0.39, 0.29) is 0 Å². The molecule has 2 aromatic heterocycles. The fraction of sp³-hybridized carbons (Fsp3) is 0.188. The largest absolute Gasteiger partial charge is 0.497 e. The van der Waals surface area contributed by atoms with Crippen LogP contribution in [-0.2, 0) is 16.1 Å². The van der Waals surface area contributed by atoms with Crippen LogP contribution in [0.5, 0.6) is 17.2 Å². The van der Waals surface area contributed by atoms with Crippen molar-refractivity contribution in [1.82, 2.24) is 14.8 Å². The summed E-state index contributed by atoms with van der Waals surface area (Å²) in [7, 11) is 1.63. The van der Waals surface area contributed by atoms with E-state index in [4.69, 9.17) is 20.3 Å². The number of rotatable bonds is 9. The summed E-state index contributed by atoms with van der Waals surface area (Å²) in [5.74, 6) is 0.358. The van der Waals surface area contributed by atoms with Gasteiger partial charge in [0.15, 0.2) is 5.65 Å². The number of anilines is 2. The SMILES string of the molecule is COc1ccc(Cn2nc(C)c3c(Oc4ccc(N(C(=O)C5(C(N)=O)CC5)c5ccc(F)cc5)cc4)ccnc32)cc1. The number of aromatic nitrogens is 3. The fourth-order valence-corrected chi connectivity index (χ4v) is 5.02. The molecule has 212 valence electrons. The van der Waals surface area contributed by atoms with Crippen molar-refractivity contribution in [2.45, 2.75) is 26.3 Å². The molecule has 10 heteroatoms. The summed E-state index contributed by atoms with van der Waals surface area (Å²) in [5, 5.41) is 5.49. The van der Waals surface area contributed by atoms with Crippen molar-refractivity contribution in [3.05, 3.63) is 102 Å². The minimum atomic E-state index is -1.25. The Hall–Kier alpha value is -5.25. The van der Waals surface area contributed by atoms with Gasteiger partial charge in [0, 0.05) is 17.6 Å². The van der Waals surface area contributed by atoms with Crippen molar-refractivity contribution in [1.29, 1.82) is 0 Å². The van der Waals surface area contributed by atoms with E-state index >= 15 is 0 Å². The first-order valence-electron chi connectivity index (χ1n) is 13.4. The van der Waals surface area contributed by atoms with Gasteiger partial charge in [-0.05, 0) is 92.1 Å². The lowest BCUT2D eigenvalue weighted by Gasteiger charge is -2.26. The van der Waals surface area contributed by atoms with Crippen molar-refractivity contribution in [2.75, 3.05) is 12.0 Å². The molecular weight excluding hydrogens is 537 g/mol. The minimum Gasteiger partial charge on any atom is -0.497 e. The maximum Gasteiger partial charge on any atom is 0.247 e. The number of methoxy groups -OCH3 is 1. The van der Waals surface area contributed by atoms with E-state index in [2.05, 4.69) is 4.98 Å². The molecule has 0 bridgehead atoms. The Labute approximate surface area is 241 Å². The number of fused-ring (bicyclic) bond motifs is 1. The lowest BCUT2D eigenvalue weighted by molar-refractivity contribution is -0.133. The summed E-state index contributed by atoms with van der Waals surface area (Å²) in [5.41, 5.74) is 7.77. The van der Waals surface area contributed by atoms with Gasteiger partial charge in [-0.25, -0.2) is 14.1 Å². The molecule has 1 aliphatic rings. The van der Waals surface area contributed by atoms with Crippen molar-refractivity contribution in [3.8, 4) is 17.2 Å². The number of halogens is 1. The first-order chi connectivity index (χ1) is 20.3. The summed E-state index contributed by atoms with van der Waals surface area (Å²) in [6, 6.07) is 22.0. The molecule has 0 atom stereocenters. The molecule has 1 fully saturated rings. The molecule has 0 aliphatic heterocycles. The third-order valence-electron chi connectivity index (χ3n) is 7.50. The molecule has 2 heterocycles. The minimum absolute atomic E-state index is 0.379. The molecule has 0 unspecified atom stereocenters. The third-order valence-corrected chi connectivity index (χ3v) is 7.50. The van der Waals surface area contributed by atoms with E-state index < -0.39 is 23.0 Å². The van der Waals surface area contributed by atoms with Gasteiger partial charge >= 0.3 is 0 Å². The second kappa shape index (κ2) is 10.6. The van der Waals surface area contributed by atoms with Crippen LogP contribution in [0, 0.1) is 18.2 Å². The van der Waals surface area contributed by atoms with Gasteiger partial charge in [0.2, 0.25) is 11.8 Å². The number of nitrogens with zero attached hydrogens (tertiary/aromatic N) is 4. The molecule has 9 nitrogen and oxygen atoms in total. The Morgan fingerprint density at radius 3 is 2.17 bits per heavy atom. The van der Waals surface area contributed by atoms with Crippen LogP contribution in [0.2, 0.25) is 0 Å². The van der Waals surface area contributed by atoms with E-state index in [9.17, 15) is 14.0 Å². The molecule has 6 rings (SSSR count). The number of carbonyl (C=O) groups excluding carboxylic acids is 2. The highest BCUT2D eigenvalue weighted by Gasteiger charge is 2.57. The zero-order chi connectivity index (χ0) is 29.4. The van der Waals surface area contributed by atoms with Gasteiger partial charge in [-0.2, -0.15) is 5.10 Å². The average Bonchev–Trinajstić information content (AvgIpc) is 3.76. The monoisotopic (exact) mass is 565 g/mol. The zero-order valence-electron chi connectivity index (χ0n) is 23.1. The van der Waals surface area contributed by atoms with Gasteiger partial charge in [-0.15, -0.1) is 0 Å². The molecule has 1 aliphatic carbocycles. The molecule has 5 aromatic rings. The highest BCUT2D eigenvalue weighted by molar-refractivity contribution is 6.16. The van der Waals surface area contributed by atoms with Gasteiger partial charge in [-0.3, -0.25) is 14.5 Å². The number of hydrogen-bond acceptors (Lipinski definition) is 6. The van der Waals surface area contributed by atoms with E-state index in [0.717, 1.165) is 22.4 Å². The number of amides is 2. The van der Waals surface area contributed by atoms with Gasteiger partial charge < -0.3 is 15.2 Å². The first kappa shape index (κ1) is 26.9. The number of pyridine rings is 1. The molecule has 0 saturated heterocycles. The summed E-state index contributed by atoms with van der Waals surface area (Å²) >= 11 is 0. The number of nitrogens with two attached hydrogens (primary N) is 1. The molecule has 42 heavy (non-hydrogen) atoms. The molecule has 2 N–H and O–H groups in total. The van der Waals surface area contributed by atoms with E-state index in [1.165, 1.54) is 29.2 Å². The van der Waals surface area contributed by atoms with Crippen molar-refractivity contribution in [2.24, 2.45) is 11.1 Å². The smallest absolute Gasteiger partial charge is 0.247 e. The Morgan fingerprint density at radius 1 is 0.952 bits per heavy atom. The summed E-state index contributed by atoms with van der Waals surface area (Å²) in [4.78, 5) is 31.7. The van der Waals surface area contributed by atoms with Gasteiger partial charge in [-0.1, -0.05) is 12.1 Å². The summed E-state index contributed by atoms with van der Waals surface area (Å²) in [6.45, 7) is 2.43. The second-order valence-corrected chi connectivity index (χ2v) is 10.3. The number of hydrogen-bond donors (Lipinski definition) is 1. The van der Waals surface area contributed by atoms with Crippen molar-refractivity contribution < 1.29 is 23.5 Å². The number of benzene rings is 3. The maximum absolute atomic E-state index is 13.7. The van der Waals surface area contributed by atoms with Gasteiger partial charge in [0.1, 0.15) is 28.5 Å². The van der Waals surface area contributed by atoms with Crippen molar-refractivity contribution >= 4 is 34.2 Å². The van der Waals surface area contributed by atoms with Crippen LogP contribution in [0.3, 0.4) is 0 Å². The molecule has 0 radical (unpaired) electrons.